The molecule has 1 aliphatic heterocycles. The number of likely N-dealkylation sites (tertiary alicyclic amines) is 1. The van der Waals surface area contributed by atoms with Gasteiger partial charge in [0.25, 0.3) is 0 Å². The van der Waals surface area contributed by atoms with Gasteiger partial charge in [-0.15, -0.1) is 0 Å². The average molecular weight is 170 g/mol. The number of nitrogens with zero attached hydrogens (tertiary/aromatic N) is 1. The van der Waals surface area contributed by atoms with Gasteiger partial charge >= 0.3 is 0 Å². The van der Waals surface area contributed by atoms with Crippen molar-refractivity contribution in [3.05, 3.63) is 0 Å². The normalized spacial score (nSPS) is 32.2. The van der Waals surface area contributed by atoms with E-state index in [0.717, 1.165) is 6.42 Å². The maximum Gasteiger partial charge on any atom is 0.0307 e. The highest BCUT2D eigenvalue weighted by Gasteiger charge is 2.40. The van der Waals surface area contributed by atoms with Crippen molar-refractivity contribution >= 4 is 0 Å². The minimum Gasteiger partial charge on any atom is -0.326 e. The van der Waals surface area contributed by atoms with Gasteiger partial charge in [-0.2, -0.15) is 0 Å². The van der Waals surface area contributed by atoms with Gasteiger partial charge in [-0.1, -0.05) is 6.92 Å². The van der Waals surface area contributed by atoms with Crippen molar-refractivity contribution in [2.45, 2.75) is 58.2 Å². The third kappa shape index (κ3) is 1.50. The van der Waals surface area contributed by atoms with Gasteiger partial charge in [-0.05, 0) is 33.6 Å². The molecule has 0 aromatic heterocycles. The summed E-state index contributed by atoms with van der Waals surface area (Å²) in [4.78, 5) is 2.54. The number of hydrogen-bond donors (Lipinski definition) is 1. The molecule has 1 aliphatic rings. The standard InChI is InChI=1S/C10H22N2/c1-5-8(2)12-7-6-9(11)10(12,3)4/h8-9H,5-7,11H2,1-4H3. The minimum atomic E-state index is 0.204. The van der Waals surface area contributed by atoms with Gasteiger partial charge in [-0.3, -0.25) is 4.90 Å². The number of nitrogens with two attached hydrogens (primary N) is 1. The molecule has 72 valence electrons. The van der Waals surface area contributed by atoms with Gasteiger partial charge in [0.05, 0.1) is 0 Å². The molecule has 0 saturated carbocycles. The molecular weight excluding hydrogens is 148 g/mol. The molecule has 0 radical (unpaired) electrons. The van der Waals surface area contributed by atoms with Crippen LogP contribution in [0.3, 0.4) is 0 Å². The maximum absolute atomic E-state index is 6.05. The van der Waals surface area contributed by atoms with Crippen molar-refractivity contribution in [1.82, 2.24) is 4.90 Å². The summed E-state index contributed by atoms with van der Waals surface area (Å²) in [6.07, 6.45) is 2.37. The first-order valence-corrected chi connectivity index (χ1v) is 5.02. The Hall–Kier alpha value is -0.0800. The smallest absolute Gasteiger partial charge is 0.0307 e. The minimum absolute atomic E-state index is 0.204. The fourth-order valence-corrected chi connectivity index (χ4v) is 2.14. The maximum atomic E-state index is 6.05. The molecule has 0 aromatic rings. The summed E-state index contributed by atoms with van der Waals surface area (Å²) >= 11 is 0. The van der Waals surface area contributed by atoms with E-state index >= 15 is 0 Å². The van der Waals surface area contributed by atoms with E-state index < -0.39 is 0 Å². The van der Waals surface area contributed by atoms with Gasteiger partial charge in [0.15, 0.2) is 0 Å². The molecule has 0 spiro atoms. The first kappa shape index (κ1) is 10.0. The van der Waals surface area contributed by atoms with Crippen molar-refractivity contribution in [2.24, 2.45) is 5.73 Å². The van der Waals surface area contributed by atoms with E-state index in [0.29, 0.717) is 12.1 Å². The van der Waals surface area contributed by atoms with E-state index in [-0.39, 0.29) is 5.54 Å². The Kier molecular flexibility index (Phi) is 2.79. The molecule has 2 N–H and O–H groups in total. The molecule has 1 saturated heterocycles. The quantitative estimate of drug-likeness (QED) is 0.682. The lowest BCUT2D eigenvalue weighted by Crippen LogP contribution is -2.51. The van der Waals surface area contributed by atoms with Crippen LogP contribution in [0.15, 0.2) is 0 Å². The molecule has 0 aromatic carbocycles. The van der Waals surface area contributed by atoms with Gasteiger partial charge in [0, 0.05) is 24.2 Å². The predicted molar refractivity (Wildman–Crippen MR) is 53.1 cm³/mol. The van der Waals surface area contributed by atoms with E-state index in [1.807, 2.05) is 0 Å². The van der Waals surface area contributed by atoms with Crippen molar-refractivity contribution in [1.29, 1.82) is 0 Å². The van der Waals surface area contributed by atoms with Crippen molar-refractivity contribution < 1.29 is 0 Å². The third-order valence-corrected chi connectivity index (χ3v) is 3.45. The highest BCUT2D eigenvalue weighted by atomic mass is 15.3. The fourth-order valence-electron chi connectivity index (χ4n) is 2.14. The predicted octanol–water partition coefficient (Wildman–Crippen LogP) is 1.60. The summed E-state index contributed by atoms with van der Waals surface area (Å²) in [5.41, 5.74) is 6.26. The Morgan fingerprint density at radius 2 is 2.17 bits per heavy atom. The summed E-state index contributed by atoms with van der Waals surface area (Å²) in [6.45, 7) is 10.2. The monoisotopic (exact) mass is 170 g/mol. The summed E-state index contributed by atoms with van der Waals surface area (Å²) in [6, 6.07) is 1.03. The summed E-state index contributed by atoms with van der Waals surface area (Å²) in [5, 5.41) is 0. The first-order chi connectivity index (χ1) is 5.50. The molecule has 12 heavy (non-hydrogen) atoms. The zero-order chi connectivity index (χ0) is 9.35. The molecule has 2 nitrogen and oxygen atoms in total. The van der Waals surface area contributed by atoms with Crippen LogP contribution in [0, 0.1) is 0 Å². The van der Waals surface area contributed by atoms with Crippen LogP contribution in [0.1, 0.15) is 40.5 Å². The van der Waals surface area contributed by atoms with Crippen LogP contribution >= 0.6 is 0 Å². The number of rotatable bonds is 2. The van der Waals surface area contributed by atoms with Gasteiger partial charge in [-0.25, -0.2) is 0 Å². The summed E-state index contributed by atoms with van der Waals surface area (Å²) in [7, 11) is 0. The molecule has 2 unspecified atom stereocenters. The van der Waals surface area contributed by atoms with E-state index in [1.54, 1.807) is 0 Å². The van der Waals surface area contributed by atoms with Crippen LogP contribution in [0.4, 0.5) is 0 Å². The van der Waals surface area contributed by atoms with Crippen LogP contribution in [-0.2, 0) is 0 Å². The Labute approximate surface area is 76.1 Å². The lowest BCUT2D eigenvalue weighted by molar-refractivity contribution is 0.113. The fraction of sp³-hybridized carbons (Fsp3) is 1.00. The van der Waals surface area contributed by atoms with Gasteiger partial charge in [0.1, 0.15) is 0 Å². The average Bonchev–Trinajstić information content (AvgIpc) is 2.27. The molecule has 0 amide bonds. The Bertz CT molecular complexity index is 154. The van der Waals surface area contributed by atoms with E-state index in [1.165, 1.54) is 13.0 Å². The van der Waals surface area contributed by atoms with E-state index in [4.69, 9.17) is 5.73 Å². The molecular formula is C10H22N2. The van der Waals surface area contributed by atoms with Crippen molar-refractivity contribution in [3.63, 3.8) is 0 Å². The Balaban J connectivity index is 2.67. The molecule has 1 rings (SSSR count). The Morgan fingerprint density at radius 3 is 2.50 bits per heavy atom. The molecule has 2 atom stereocenters. The first-order valence-electron chi connectivity index (χ1n) is 5.02. The second-order valence-corrected chi connectivity index (χ2v) is 4.50. The zero-order valence-electron chi connectivity index (χ0n) is 8.80. The topological polar surface area (TPSA) is 29.3 Å². The van der Waals surface area contributed by atoms with Crippen molar-refractivity contribution in [2.75, 3.05) is 6.54 Å². The second-order valence-electron chi connectivity index (χ2n) is 4.50. The summed E-state index contributed by atoms with van der Waals surface area (Å²) in [5.74, 6) is 0. The zero-order valence-corrected chi connectivity index (χ0v) is 8.80. The molecule has 1 fully saturated rings. The van der Waals surface area contributed by atoms with Crippen LogP contribution in [0.25, 0.3) is 0 Å². The molecule has 0 bridgehead atoms. The van der Waals surface area contributed by atoms with E-state index in [9.17, 15) is 0 Å². The summed E-state index contributed by atoms with van der Waals surface area (Å²) < 4.78 is 0. The lowest BCUT2D eigenvalue weighted by Gasteiger charge is -2.38. The lowest BCUT2D eigenvalue weighted by atomic mass is 9.95. The SMILES string of the molecule is CCC(C)N1CCC(N)C1(C)C. The molecule has 2 heteroatoms. The highest BCUT2D eigenvalue weighted by molar-refractivity contribution is 4.99. The Morgan fingerprint density at radius 1 is 1.58 bits per heavy atom. The van der Waals surface area contributed by atoms with Crippen LogP contribution in [0.2, 0.25) is 0 Å². The van der Waals surface area contributed by atoms with Crippen LogP contribution in [0.5, 0.6) is 0 Å². The number of hydrogen-bond acceptors (Lipinski definition) is 2. The van der Waals surface area contributed by atoms with Crippen LogP contribution in [-0.4, -0.2) is 29.1 Å². The third-order valence-electron chi connectivity index (χ3n) is 3.45. The second kappa shape index (κ2) is 3.35. The van der Waals surface area contributed by atoms with E-state index in [2.05, 4.69) is 32.6 Å². The van der Waals surface area contributed by atoms with Gasteiger partial charge in [0.2, 0.25) is 0 Å². The highest BCUT2D eigenvalue weighted by Crippen LogP contribution is 2.30. The molecule has 1 heterocycles. The van der Waals surface area contributed by atoms with Gasteiger partial charge < -0.3 is 5.73 Å². The largest absolute Gasteiger partial charge is 0.326 e. The van der Waals surface area contributed by atoms with Crippen molar-refractivity contribution in [3.8, 4) is 0 Å². The van der Waals surface area contributed by atoms with Crippen LogP contribution < -0.4 is 5.73 Å². The molecule has 0 aliphatic carbocycles.